The smallest absolute Gasteiger partial charge is 0.0486 e. The van der Waals surface area contributed by atoms with Gasteiger partial charge in [-0.25, -0.2) is 0 Å². The molecule has 0 spiro atoms. The number of fused-ring (bicyclic) bond motifs is 1. The minimum atomic E-state index is 0.780. The van der Waals surface area contributed by atoms with Crippen LogP contribution in [0.4, 0.5) is 0 Å². The van der Waals surface area contributed by atoms with Crippen molar-refractivity contribution in [1.82, 2.24) is 4.57 Å². The van der Waals surface area contributed by atoms with Gasteiger partial charge in [0, 0.05) is 23.6 Å². The Morgan fingerprint density at radius 2 is 1.62 bits per heavy atom. The van der Waals surface area contributed by atoms with Gasteiger partial charge in [0.25, 0.3) is 0 Å². The number of para-hydroxylation sites is 1. The van der Waals surface area contributed by atoms with E-state index in [4.69, 9.17) is 5.73 Å². The lowest BCUT2D eigenvalue weighted by atomic mass is 10.1. The van der Waals surface area contributed by atoms with Crippen LogP contribution in [0.15, 0.2) is 60.8 Å². The zero-order valence-electron chi connectivity index (χ0n) is 12.3. The molecule has 21 heavy (non-hydrogen) atoms. The Labute approximate surface area is 126 Å². The summed E-state index contributed by atoms with van der Waals surface area (Å²) >= 11 is 0. The first-order chi connectivity index (χ1) is 10.4. The number of unbranched alkanes of at least 4 members (excludes halogenated alkanes) is 1. The van der Waals surface area contributed by atoms with Gasteiger partial charge in [0.15, 0.2) is 0 Å². The molecule has 0 amide bonds. The standard InChI is InChI=1S/C19H22N2/c20-13-7-6-10-17-15-21(14-16-8-2-1-3-9-16)19-12-5-4-11-18(17)19/h1-5,8-9,11-12,15H,6-7,10,13-14,20H2. The fourth-order valence-corrected chi connectivity index (χ4v) is 2.89. The van der Waals surface area contributed by atoms with Gasteiger partial charge in [-0.2, -0.15) is 0 Å². The van der Waals surface area contributed by atoms with Crippen molar-refractivity contribution in [3.05, 3.63) is 71.9 Å². The van der Waals surface area contributed by atoms with Crippen molar-refractivity contribution >= 4 is 10.9 Å². The third kappa shape index (κ3) is 3.17. The van der Waals surface area contributed by atoms with Gasteiger partial charge in [-0.1, -0.05) is 48.5 Å². The van der Waals surface area contributed by atoms with Crippen LogP contribution >= 0.6 is 0 Å². The number of nitrogens with zero attached hydrogens (tertiary/aromatic N) is 1. The Bertz CT molecular complexity index is 698. The van der Waals surface area contributed by atoms with Crippen LogP contribution in [0.2, 0.25) is 0 Å². The minimum absolute atomic E-state index is 0.780. The molecule has 1 aromatic heterocycles. The lowest BCUT2D eigenvalue weighted by Crippen LogP contribution is -1.99. The van der Waals surface area contributed by atoms with Crippen LogP contribution in [0.25, 0.3) is 10.9 Å². The molecule has 0 saturated heterocycles. The van der Waals surface area contributed by atoms with Crippen molar-refractivity contribution in [2.75, 3.05) is 6.54 Å². The number of benzene rings is 2. The average Bonchev–Trinajstić information content (AvgIpc) is 2.87. The van der Waals surface area contributed by atoms with Gasteiger partial charge in [-0.15, -0.1) is 0 Å². The second-order valence-corrected chi connectivity index (χ2v) is 5.53. The highest BCUT2D eigenvalue weighted by Crippen LogP contribution is 2.23. The monoisotopic (exact) mass is 278 g/mol. The molecule has 0 aliphatic rings. The number of hydrogen-bond donors (Lipinski definition) is 1. The molecule has 0 fully saturated rings. The summed E-state index contributed by atoms with van der Waals surface area (Å²) in [5.74, 6) is 0. The van der Waals surface area contributed by atoms with E-state index >= 15 is 0 Å². The molecule has 0 radical (unpaired) electrons. The van der Waals surface area contributed by atoms with Crippen molar-refractivity contribution < 1.29 is 0 Å². The first kappa shape index (κ1) is 13.9. The summed E-state index contributed by atoms with van der Waals surface area (Å²) < 4.78 is 2.36. The molecule has 3 rings (SSSR count). The molecule has 2 heteroatoms. The molecule has 2 N–H and O–H groups in total. The Balaban J connectivity index is 1.91. The molecule has 0 aliphatic heterocycles. The summed E-state index contributed by atoms with van der Waals surface area (Å²) in [6, 6.07) is 19.3. The number of aryl methyl sites for hydroxylation is 1. The van der Waals surface area contributed by atoms with Crippen molar-refractivity contribution in [3.8, 4) is 0 Å². The molecule has 0 bridgehead atoms. The fraction of sp³-hybridized carbons (Fsp3) is 0.263. The SMILES string of the molecule is NCCCCc1cn(Cc2ccccc2)c2ccccc12. The summed E-state index contributed by atoms with van der Waals surface area (Å²) in [4.78, 5) is 0. The van der Waals surface area contributed by atoms with E-state index in [-0.39, 0.29) is 0 Å². The van der Waals surface area contributed by atoms with Crippen molar-refractivity contribution in [1.29, 1.82) is 0 Å². The molecule has 0 unspecified atom stereocenters. The maximum Gasteiger partial charge on any atom is 0.0486 e. The van der Waals surface area contributed by atoms with E-state index in [1.807, 2.05) is 0 Å². The third-order valence-electron chi connectivity index (χ3n) is 3.97. The van der Waals surface area contributed by atoms with E-state index in [9.17, 15) is 0 Å². The Morgan fingerprint density at radius 3 is 2.43 bits per heavy atom. The van der Waals surface area contributed by atoms with Crippen molar-refractivity contribution in [3.63, 3.8) is 0 Å². The van der Waals surface area contributed by atoms with Crippen LogP contribution in [-0.4, -0.2) is 11.1 Å². The molecular weight excluding hydrogens is 256 g/mol. The summed E-state index contributed by atoms with van der Waals surface area (Å²) in [7, 11) is 0. The maximum atomic E-state index is 5.61. The molecule has 2 aromatic carbocycles. The van der Waals surface area contributed by atoms with E-state index < -0.39 is 0 Å². The van der Waals surface area contributed by atoms with Crippen LogP contribution in [0.5, 0.6) is 0 Å². The summed E-state index contributed by atoms with van der Waals surface area (Å²) in [5.41, 5.74) is 9.71. The van der Waals surface area contributed by atoms with Crippen molar-refractivity contribution in [2.45, 2.75) is 25.8 Å². The Hall–Kier alpha value is -2.06. The van der Waals surface area contributed by atoms with Crippen molar-refractivity contribution in [2.24, 2.45) is 5.73 Å². The lowest BCUT2D eigenvalue weighted by molar-refractivity contribution is 0.742. The average molecular weight is 278 g/mol. The van der Waals surface area contributed by atoms with Gasteiger partial charge in [-0.3, -0.25) is 0 Å². The summed E-state index contributed by atoms with van der Waals surface area (Å²) in [6.07, 6.45) is 5.68. The predicted octanol–water partition coefficient (Wildman–Crippen LogP) is 3.97. The first-order valence-corrected chi connectivity index (χ1v) is 7.69. The van der Waals surface area contributed by atoms with Gasteiger partial charge < -0.3 is 10.3 Å². The molecule has 0 aliphatic carbocycles. The van der Waals surface area contributed by atoms with Crippen LogP contribution in [0, 0.1) is 0 Å². The van der Waals surface area contributed by atoms with Gasteiger partial charge in [-0.05, 0) is 43.0 Å². The quantitative estimate of drug-likeness (QED) is 0.680. The summed E-state index contributed by atoms with van der Waals surface area (Å²) in [5, 5.41) is 1.38. The van der Waals surface area contributed by atoms with E-state index in [0.717, 1.165) is 32.4 Å². The number of rotatable bonds is 6. The van der Waals surface area contributed by atoms with E-state index in [0.29, 0.717) is 0 Å². The zero-order chi connectivity index (χ0) is 14.5. The number of nitrogens with two attached hydrogens (primary N) is 1. The second-order valence-electron chi connectivity index (χ2n) is 5.53. The van der Waals surface area contributed by atoms with Gasteiger partial charge in [0.05, 0.1) is 0 Å². The molecule has 1 heterocycles. The van der Waals surface area contributed by atoms with Gasteiger partial charge >= 0.3 is 0 Å². The zero-order valence-corrected chi connectivity index (χ0v) is 12.3. The lowest BCUT2D eigenvalue weighted by Gasteiger charge is -2.05. The second kappa shape index (κ2) is 6.59. The van der Waals surface area contributed by atoms with Crippen LogP contribution < -0.4 is 5.73 Å². The maximum absolute atomic E-state index is 5.61. The van der Waals surface area contributed by atoms with E-state index in [1.165, 1.54) is 22.0 Å². The van der Waals surface area contributed by atoms with Crippen LogP contribution in [-0.2, 0) is 13.0 Å². The molecule has 3 aromatic rings. The normalized spacial score (nSPS) is 11.1. The molecule has 2 nitrogen and oxygen atoms in total. The summed E-state index contributed by atoms with van der Waals surface area (Å²) in [6.45, 7) is 1.71. The Kier molecular flexibility index (Phi) is 4.37. The molecular formula is C19H22N2. The molecule has 0 atom stereocenters. The number of aromatic nitrogens is 1. The third-order valence-corrected chi connectivity index (χ3v) is 3.97. The fourth-order valence-electron chi connectivity index (χ4n) is 2.89. The van der Waals surface area contributed by atoms with Gasteiger partial charge in [0.2, 0.25) is 0 Å². The molecule has 108 valence electrons. The van der Waals surface area contributed by atoms with Gasteiger partial charge in [0.1, 0.15) is 0 Å². The number of hydrogen-bond acceptors (Lipinski definition) is 1. The van der Waals surface area contributed by atoms with E-state index in [2.05, 4.69) is 65.4 Å². The topological polar surface area (TPSA) is 30.9 Å². The van der Waals surface area contributed by atoms with E-state index in [1.54, 1.807) is 0 Å². The largest absolute Gasteiger partial charge is 0.343 e. The highest BCUT2D eigenvalue weighted by atomic mass is 15.0. The highest BCUT2D eigenvalue weighted by molar-refractivity contribution is 5.84. The Morgan fingerprint density at radius 1 is 0.857 bits per heavy atom. The predicted molar refractivity (Wildman–Crippen MR) is 89.5 cm³/mol. The first-order valence-electron chi connectivity index (χ1n) is 7.69. The highest BCUT2D eigenvalue weighted by Gasteiger charge is 2.08. The minimum Gasteiger partial charge on any atom is -0.343 e. The van der Waals surface area contributed by atoms with Crippen LogP contribution in [0.3, 0.4) is 0 Å². The molecule has 0 saturated carbocycles. The van der Waals surface area contributed by atoms with Crippen LogP contribution in [0.1, 0.15) is 24.0 Å².